The van der Waals surface area contributed by atoms with Crippen molar-refractivity contribution in [2.75, 3.05) is 0 Å². The van der Waals surface area contributed by atoms with E-state index in [9.17, 15) is 18.0 Å². The van der Waals surface area contributed by atoms with Gasteiger partial charge in [0, 0.05) is 11.8 Å². The van der Waals surface area contributed by atoms with Gasteiger partial charge in [-0.15, -0.1) is 11.3 Å². The quantitative estimate of drug-likeness (QED) is 0.846. The van der Waals surface area contributed by atoms with Crippen molar-refractivity contribution in [3.63, 3.8) is 0 Å². The Morgan fingerprint density at radius 2 is 1.92 bits per heavy atom. The van der Waals surface area contributed by atoms with Crippen molar-refractivity contribution in [3.05, 3.63) is 52.0 Å². The van der Waals surface area contributed by atoms with Gasteiger partial charge in [-0.25, -0.2) is 4.98 Å². The van der Waals surface area contributed by atoms with Crippen LogP contribution >= 0.6 is 11.3 Å². The molecule has 24 heavy (non-hydrogen) atoms. The second kappa shape index (κ2) is 7.34. The average molecular weight is 356 g/mol. The average Bonchev–Trinajstić information content (AvgIpc) is 2.93. The van der Waals surface area contributed by atoms with Gasteiger partial charge in [0.15, 0.2) is 0 Å². The van der Waals surface area contributed by atoms with Crippen LogP contribution in [0.15, 0.2) is 35.7 Å². The highest BCUT2D eigenvalue weighted by Crippen LogP contribution is 2.32. The van der Waals surface area contributed by atoms with E-state index in [0.717, 1.165) is 17.5 Å². The molecule has 0 aliphatic carbocycles. The molecule has 1 N–H and O–H groups in total. The van der Waals surface area contributed by atoms with Gasteiger partial charge >= 0.3 is 6.18 Å². The van der Waals surface area contributed by atoms with E-state index in [0.29, 0.717) is 12.1 Å². The predicted molar refractivity (Wildman–Crippen MR) is 88.0 cm³/mol. The Kier molecular flexibility index (Phi) is 5.64. The van der Waals surface area contributed by atoms with Crippen LogP contribution in [0.1, 0.15) is 36.5 Å². The van der Waals surface area contributed by atoms with E-state index in [2.05, 4.69) is 10.3 Å². The molecule has 0 saturated carbocycles. The first-order valence-electron chi connectivity index (χ1n) is 7.58. The van der Waals surface area contributed by atoms with Gasteiger partial charge in [0.2, 0.25) is 5.91 Å². The minimum absolute atomic E-state index is 0.156. The minimum Gasteiger partial charge on any atom is -0.342 e. The molecule has 0 unspecified atom stereocenters. The summed E-state index contributed by atoms with van der Waals surface area (Å²) < 4.78 is 39.1. The fraction of sp³-hybridized carbons (Fsp3) is 0.412. The summed E-state index contributed by atoms with van der Waals surface area (Å²) in [7, 11) is 0. The second-order valence-corrected chi connectivity index (χ2v) is 6.75. The van der Waals surface area contributed by atoms with Gasteiger partial charge < -0.3 is 5.32 Å². The zero-order valence-electron chi connectivity index (χ0n) is 13.5. The third kappa shape index (κ3) is 4.56. The van der Waals surface area contributed by atoms with Crippen molar-refractivity contribution in [2.24, 2.45) is 0 Å². The van der Waals surface area contributed by atoms with Crippen LogP contribution in [0, 0.1) is 0 Å². The maximum absolute atomic E-state index is 13.0. The van der Waals surface area contributed by atoms with E-state index in [-0.39, 0.29) is 12.8 Å². The Morgan fingerprint density at radius 3 is 2.50 bits per heavy atom. The number of nitrogens with one attached hydrogen (secondary N) is 1. The Hall–Kier alpha value is -1.89. The first-order valence-corrected chi connectivity index (χ1v) is 8.46. The monoisotopic (exact) mass is 356 g/mol. The predicted octanol–water partition coefficient (Wildman–Crippen LogP) is 4.12. The molecule has 3 nitrogen and oxygen atoms in total. The Labute approximate surface area is 142 Å². The molecule has 7 heteroatoms. The highest BCUT2D eigenvalue weighted by atomic mass is 32.1. The molecule has 2 rings (SSSR count). The van der Waals surface area contributed by atoms with E-state index in [1.54, 1.807) is 5.38 Å². The summed E-state index contributed by atoms with van der Waals surface area (Å²) in [5, 5.41) is 4.64. The van der Waals surface area contributed by atoms with Gasteiger partial charge in [-0.05, 0) is 18.9 Å². The lowest BCUT2D eigenvalue weighted by atomic mass is 9.98. The summed E-state index contributed by atoms with van der Waals surface area (Å²) in [6.45, 7) is 2.39. The normalized spacial score (nSPS) is 14.2. The fourth-order valence-corrected chi connectivity index (χ4v) is 2.99. The number of carbonyl (C=O) groups excluding carboxylic acids is 1. The van der Waals surface area contributed by atoms with Crippen LogP contribution in [0.2, 0.25) is 0 Å². The van der Waals surface area contributed by atoms with Crippen molar-refractivity contribution in [3.8, 4) is 0 Å². The molecule has 2 aromatic rings. The largest absolute Gasteiger partial charge is 0.411 e. The summed E-state index contributed by atoms with van der Waals surface area (Å²) in [4.78, 5) is 16.3. The number of nitrogens with zero attached hydrogens (tertiary/aromatic N) is 1. The highest BCUT2D eigenvalue weighted by molar-refractivity contribution is 7.09. The van der Waals surface area contributed by atoms with Crippen molar-refractivity contribution < 1.29 is 18.0 Å². The lowest BCUT2D eigenvalue weighted by Crippen LogP contribution is -2.56. The Morgan fingerprint density at radius 1 is 1.25 bits per heavy atom. The fourth-order valence-electron chi connectivity index (χ4n) is 2.16. The summed E-state index contributed by atoms with van der Waals surface area (Å²) in [6.07, 6.45) is -4.23. The number of carbonyl (C=O) groups is 1. The van der Waals surface area contributed by atoms with Crippen LogP contribution in [0.3, 0.4) is 0 Å². The number of aromatic nitrogens is 1. The van der Waals surface area contributed by atoms with E-state index in [4.69, 9.17) is 0 Å². The zero-order valence-corrected chi connectivity index (χ0v) is 14.3. The van der Waals surface area contributed by atoms with Crippen LogP contribution in [-0.4, -0.2) is 22.6 Å². The third-order valence-corrected chi connectivity index (χ3v) is 4.78. The SMILES string of the molecule is CC[C@](C)(NC(=O)Cc1csc(Cc2ccccc2)n1)C(F)(F)F. The second-order valence-electron chi connectivity index (χ2n) is 5.80. The van der Waals surface area contributed by atoms with Crippen LogP contribution < -0.4 is 5.32 Å². The van der Waals surface area contributed by atoms with Gasteiger partial charge in [0.1, 0.15) is 5.54 Å². The molecule has 1 atom stereocenters. The molecule has 1 amide bonds. The topological polar surface area (TPSA) is 42.0 Å². The van der Waals surface area contributed by atoms with Gasteiger partial charge in [-0.1, -0.05) is 37.3 Å². The summed E-state index contributed by atoms with van der Waals surface area (Å²) in [5.41, 5.74) is -0.630. The molecule has 0 saturated heterocycles. The standard InChI is InChI=1S/C17H19F3N2OS/c1-3-16(2,17(18,19)20)22-14(23)10-13-11-24-15(21-13)9-12-7-5-4-6-8-12/h4-8,11H,3,9-10H2,1-2H3,(H,22,23)/t16-/m0/s1. The van der Waals surface area contributed by atoms with E-state index in [1.165, 1.54) is 18.3 Å². The molecule has 0 bridgehead atoms. The van der Waals surface area contributed by atoms with Crippen LogP contribution in [0.25, 0.3) is 0 Å². The number of hydrogen-bond donors (Lipinski definition) is 1. The number of benzene rings is 1. The summed E-state index contributed by atoms with van der Waals surface area (Å²) in [6, 6.07) is 9.74. The molecule has 1 heterocycles. The van der Waals surface area contributed by atoms with E-state index >= 15 is 0 Å². The van der Waals surface area contributed by atoms with E-state index in [1.807, 2.05) is 30.3 Å². The van der Waals surface area contributed by atoms with Crippen molar-refractivity contribution in [1.29, 1.82) is 0 Å². The van der Waals surface area contributed by atoms with Gasteiger partial charge in [-0.3, -0.25) is 4.79 Å². The zero-order chi connectivity index (χ0) is 17.8. The molecule has 0 aliphatic rings. The molecular weight excluding hydrogens is 337 g/mol. The van der Waals surface area contributed by atoms with Crippen molar-refractivity contribution in [2.45, 2.75) is 44.8 Å². The van der Waals surface area contributed by atoms with Crippen molar-refractivity contribution >= 4 is 17.2 Å². The molecule has 0 spiro atoms. The first kappa shape index (κ1) is 18.4. The maximum atomic E-state index is 13.0. The molecule has 0 fully saturated rings. The first-order chi connectivity index (χ1) is 11.2. The lowest BCUT2D eigenvalue weighted by Gasteiger charge is -2.31. The number of alkyl halides is 3. The number of halogens is 3. The Balaban J connectivity index is 1.98. The molecule has 0 aliphatic heterocycles. The molecule has 0 radical (unpaired) electrons. The van der Waals surface area contributed by atoms with E-state index < -0.39 is 17.6 Å². The smallest absolute Gasteiger partial charge is 0.342 e. The summed E-state index contributed by atoms with van der Waals surface area (Å²) >= 11 is 1.40. The molecular formula is C17H19F3N2OS. The van der Waals surface area contributed by atoms with Gasteiger partial charge in [0.25, 0.3) is 0 Å². The van der Waals surface area contributed by atoms with Gasteiger partial charge in [0.05, 0.1) is 17.1 Å². The molecule has 1 aromatic heterocycles. The maximum Gasteiger partial charge on any atom is 0.411 e. The molecule has 130 valence electrons. The Bertz CT molecular complexity index is 685. The highest BCUT2D eigenvalue weighted by Gasteiger charge is 2.50. The number of rotatable bonds is 6. The van der Waals surface area contributed by atoms with Crippen molar-refractivity contribution in [1.82, 2.24) is 10.3 Å². The third-order valence-electron chi connectivity index (χ3n) is 3.89. The van der Waals surface area contributed by atoms with Crippen LogP contribution in [-0.2, 0) is 17.6 Å². The van der Waals surface area contributed by atoms with Crippen LogP contribution in [0.5, 0.6) is 0 Å². The molecule has 1 aromatic carbocycles. The number of amides is 1. The van der Waals surface area contributed by atoms with Crippen LogP contribution in [0.4, 0.5) is 13.2 Å². The number of hydrogen-bond acceptors (Lipinski definition) is 3. The minimum atomic E-state index is -4.49. The number of thiazole rings is 1. The van der Waals surface area contributed by atoms with Gasteiger partial charge in [-0.2, -0.15) is 13.2 Å². The summed E-state index contributed by atoms with van der Waals surface area (Å²) in [5.74, 6) is -0.673. The lowest BCUT2D eigenvalue weighted by molar-refractivity contribution is -0.194.